The fourth-order valence-corrected chi connectivity index (χ4v) is 4.90. The first-order valence-electron chi connectivity index (χ1n) is 9.75. The van der Waals surface area contributed by atoms with E-state index in [0.29, 0.717) is 0 Å². The van der Waals surface area contributed by atoms with Crippen LogP contribution in [0.5, 0.6) is 0 Å². The third-order valence-corrected chi connectivity index (χ3v) is 6.58. The van der Waals surface area contributed by atoms with E-state index in [0.717, 1.165) is 43.4 Å². The summed E-state index contributed by atoms with van der Waals surface area (Å²) >= 11 is 0. The molecule has 0 aliphatic heterocycles. The summed E-state index contributed by atoms with van der Waals surface area (Å²) in [6.45, 7) is 6.12. The molecule has 2 rings (SSSR count). The molecule has 0 unspecified atom stereocenters. The Morgan fingerprint density at radius 1 is 1.09 bits per heavy atom. The summed E-state index contributed by atoms with van der Waals surface area (Å²) in [6.07, 6.45) is 19.0. The molecule has 0 aromatic rings. The summed E-state index contributed by atoms with van der Waals surface area (Å²) < 4.78 is 0. The summed E-state index contributed by atoms with van der Waals surface area (Å²) in [5, 5.41) is 9.60. The Hall–Kier alpha value is -0.770. The average molecular weight is 302 g/mol. The Morgan fingerprint density at radius 2 is 1.73 bits per heavy atom. The molecule has 22 heavy (non-hydrogen) atoms. The molecule has 1 heteroatoms. The van der Waals surface area contributed by atoms with Crippen molar-refractivity contribution in [3.63, 3.8) is 0 Å². The van der Waals surface area contributed by atoms with Crippen molar-refractivity contribution < 1.29 is 0 Å². The van der Waals surface area contributed by atoms with Gasteiger partial charge in [-0.15, -0.1) is 6.58 Å². The second-order valence-corrected chi connectivity index (χ2v) is 7.98. The lowest BCUT2D eigenvalue weighted by molar-refractivity contribution is 0.116. The summed E-state index contributed by atoms with van der Waals surface area (Å²) in [6, 6.07) is 2.66. The monoisotopic (exact) mass is 301 g/mol. The van der Waals surface area contributed by atoms with Crippen molar-refractivity contribution in [2.45, 2.75) is 90.4 Å². The smallest absolute Gasteiger partial charge is 0.0689 e. The molecule has 2 saturated carbocycles. The molecule has 0 saturated heterocycles. The Kier molecular flexibility index (Phi) is 7.00. The Balaban J connectivity index is 1.75. The SMILES string of the molecule is C=CCC[C@]1(C#N)CC[C@@H](C2CCC(CCCC)CC2)CC1. The minimum atomic E-state index is -0.0248. The molecule has 0 atom stereocenters. The quantitative estimate of drug-likeness (QED) is 0.483. The molecule has 0 aromatic carbocycles. The predicted octanol–water partition coefficient (Wildman–Crippen LogP) is 6.65. The van der Waals surface area contributed by atoms with Crippen molar-refractivity contribution in [2.75, 3.05) is 0 Å². The Bertz CT molecular complexity index is 362. The van der Waals surface area contributed by atoms with E-state index in [1.807, 2.05) is 6.08 Å². The van der Waals surface area contributed by atoms with Crippen molar-refractivity contribution in [3.8, 4) is 6.07 Å². The van der Waals surface area contributed by atoms with Crippen molar-refractivity contribution in [2.24, 2.45) is 23.2 Å². The van der Waals surface area contributed by atoms with Crippen LogP contribution < -0.4 is 0 Å². The number of allylic oxidation sites excluding steroid dienone is 1. The highest BCUT2D eigenvalue weighted by Gasteiger charge is 2.38. The number of nitrogens with zero attached hydrogens (tertiary/aromatic N) is 1. The topological polar surface area (TPSA) is 23.8 Å². The second kappa shape index (κ2) is 8.76. The zero-order chi connectivity index (χ0) is 15.8. The highest BCUT2D eigenvalue weighted by molar-refractivity contribution is 5.03. The van der Waals surface area contributed by atoms with Crippen molar-refractivity contribution in [1.82, 2.24) is 0 Å². The van der Waals surface area contributed by atoms with E-state index < -0.39 is 0 Å². The number of nitriles is 1. The summed E-state index contributed by atoms with van der Waals surface area (Å²) in [4.78, 5) is 0. The fourth-order valence-electron chi connectivity index (χ4n) is 4.90. The second-order valence-electron chi connectivity index (χ2n) is 7.98. The van der Waals surface area contributed by atoms with Gasteiger partial charge in [-0.2, -0.15) is 5.26 Å². The minimum absolute atomic E-state index is 0.0248. The molecule has 124 valence electrons. The van der Waals surface area contributed by atoms with Gasteiger partial charge in [0.1, 0.15) is 0 Å². The molecule has 2 fully saturated rings. The van der Waals surface area contributed by atoms with E-state index in [1.54, 1.807) is 0 Å². The summed E-state index contributed by atoms with van der Waals surface area (Å²) in [5.74, 6) is 2.90. The van der Waals surface area contributed by atoms with E-state index in [2.05, 4.69) is 19.6 Å². The number of unbranched alkanes of at least 4 members (excludes halogenated alkanes) is 1. The molecular weight excluding hydrogens is 266 g/mol. The standard InChI is InChI=1S/C21H35N/c1-3-5-7-18-8-10-19(11-9-18)20-12-15-21(17-22,16-13-20)14-6-4-2/h4,18-20H,2-3,5-16H2,1H3/t18?,19?,20-,21+. The van der Waals surface area contributed by atoms with E-state index in [1.165, 1.54) is 57.8 Å². The van der Waals surface area contributed by atoms with Gasteiger partial charge in [-0.25, -0.2) is 0 Å². The fraction of sp³-hybridized carbons (Fsp3) is 0.857. The zero-order valence-electron chi connectivity index (χ0n) is 14.7. The lowest BCUT2D eigenvalue weighted by atomic mass is 9.63. The summed E-state index contributed by atoms with van der Waals surface area (Å²) in [5.41, 5.74) is -0.0248. The summed E-state index contributed by atoms with van der Waals surface area (Å²) in [7, 11) is 0. The van der Waals surface area contributed by atoms with E-state index >= 15 is 0 Å². The minimum Gasteiger partial charge on any atom is -0.198 e. The van der Waals surface area contributed by atoms with Gasteiger partial charge in [-0.1, -0.05) is 45.1 Å². The molecule has 0 heterocycles. The van der Waals surface area contributed by atoms with Gasteiger partial charge in [0.25, 0.3) is 0 Å². The molecule has 0 spiro atoms. The van der Waals surface area contributed by atoms with Crippen LogP contribution in [0.4, 0.5) is 0 Å². The van der Waals surface area contributed by atoms with Crippen molar-refractivity contribution in [1.29, 1.82) is 5.26 Å². The zero-order valence-corrected chi connectivity index (χ0v) is 14.7. The maximum absolute atomic E-state index is 9.60. The van der Waals surface area contributed by atoms with Gasteiger partial charge in [0.15, 0.2) is 0 Å². The van der Waals surface area contributed by atoms with Gasteiger partial charge in [0.05, 0.1) is 11.5 Å². The van der Waals surface area contributed by atoms with E-state index in [-0.39, 0.29) is 5.41 Å². The molecule has 0 aromatic heterocycles. The van der Waals surface area contributed by atoms with Crippen LogP contribution >= 0.6 is 0 Å². The highest BCUT2D eigenvalue weighted by Crippen LogP contribution is 2.47. The van der Waals surface area contributed by atoms with Crippen molar-refractivity contribution >= 4 is 0 Å². The molecule has 0 bridgehead atoms. The largest absolute Gasteiger partial charge is 0.198 e. The number of rotatable bonds is 7. The molecule has 0 radical (unpaired) electrons. The van der Waals surface area contributed by atoms with Gasteiger partial charge < -0.3 is 0 Å². The third kappa shape index (κ3) is 4.61. The number of hydrogen-bond acceptors (Lipinski definition) is 1. The molecule has 0 amide bonds. The third-order valence-electron chi connectivity index (χ3n) is 6.58. The van der Waals surface area contributed by atoms with Crippen LogP contribution in [-0.4, -0.2) is 0 Å². The lowest BCUT2D eigenvalue weighted by Crippen LogP contribution is -2.31. The number of hydrogen-bond donors (Lipinski definition) is 0. The predicted molar refractivity (Wildman–Crippen MR) is 94.4 cm³/mol. The van der Waals surface area contributed by atoms with Crippen LogP contribution in [0.2, 0.25) is 0 Å². The maximum Gasteiger partial charge on any atom is 0.0689 e. The average Bonchev–Trinajstić information content (AvgIpc) is 2.59. The van der Waals surface area contributed by atoms with Crippen LogP contribution in [0.15, 0.2) is 12.7 Å². The lowest BCUT2D eigenvalue weighted by Gasteiger charge is -2.40. The van der Waals surface area contributed by atoms with Crippen LogP contribution in [0.1, 0.15) is 90.4 Å². The van der Waals surface area contributed by atoms with Crippen LogP contribution in [0.25, 0.3) is 0 Å². The van der Waals surface area contributed by atoms with E-state index in [9.17, 15) is 5.26 Å². The van der Waals surface area contributed by atoms with E-state index in [4.69, 9.17) is 0 Å². The molecule has 2 aliphatic carbocycles. The normalized spacial score (nSPS) is 35.7. The Labute approximate surface area is 138 Å². The van der Waals surface area contributed by atoms with Gasteiger partial charge in [0.2, 0.25) is 0 Å². The molecule has 2 aliphatic rings. The molecular formula is C21H35N. The van der Waals surface area contributed by atoms with Crippen LogP contribution in [0, 0.1) is 34.5 Å². The maximum atomic E-state index is 9.60. The van der Waals surface area contributed by atoms with Crippen molar-refractivity contribution in [3.05, 3.63) is 12.7 Å². The Morgan fingerprint density at radius 3 is 2.27 bits per heavy atom. The first kappa shape index (κ1) is 17.6. The van der Waals surface area contributed by atoms with Gasteiger partial charge in [-0.3, -0.25) is 0 Å². The van der Waals surface area contributed by atoms with Gasteiger partial charge >= 0.3 is 0 Å². The molecule has 0 N–H and O–H groups in total. The van der Waals surface area contributed by atoms with Gasteiger partial charge in [-0.05, 0) is 69.1 Å². The molecule has 1 nitrogen and oxygen atoms in total. The van der Waals surface area contributed by atoms with Gasteiger partial charge in [0, 0.05) is 0 Å². The first-order valence-corrected chi connectivity index (χ1v) is 9.75. The van der Waals surface area contributed by atoms with Crippen LogP contribution in [-0.2, 0) is 0 Å². The van der Waals surface area contributed by atoms with Crippen LogP contribution in [0.3, 0.4) is 0 Å². The first-order chi connectivity index (χ1) is 10.7. The highest BCUT2D eigenvalue weighted by atomic mass is 14.4.